The van der Waals surface area contributed by atoms with Crippen LogP contribution in [0.3, 0.4) is 0 Å². The molecule has 2 unspecified atom stereocenters. The van der Waals surface area contributed by atoms with Crippen molar-refractivity contribution in [1.82, 2.24) is 5.32 Å². The molecule has 264 valence electrons. The van der Waals surface area contributed by atoms with E-state index in [0.29, 0.717) is 73.7 Å². The molecule has 0 heterocycles. The van der Waals surface area contributed by atoms with Crippen LogP contribution in [0.5, 0.6) is 0 Å². The lowest BCUT2D eigenvalue weighted by molar-refractivity contribution is -0.143. The lowest BCUT2D eigenvalue weighted by atomic mass is 9.88. The molecule has 0 aliphatic heterocycles. The van der Waals surface area contributed by atoms with E-state index in [4.69, 9.17) is 38.5 Å². The Labute approximate surface area is 286 Å². The van der Waals surface area contributed by atoms with E-state index in [1.165, 1.54) is 0 Å². The minimum absolute atomic E-state index is 0.0656. The summed E-state index contributed by atoms with van der Waals surface area (Å²) < 4.78 is 86.1. The highest BCUT2D eigenvalue weighted by molar-refractivity contribution is 6.42. The van der Waals surface area contributed by atoms with Crippen molar-refractivity contribution in [3.8, 4) is 0 Å². The Kier molecular flexibility index (Phi) is 15.0. The van der Waals surface area contributed by atoms with E-state index in [-0.39, 0.29) is 29.9 Å². The fourth-order valence-corrected chi connectivity index (χ4v) is 5.34. The molecule has 0 spiro atoms. The van der Waals surface area contributed by atoms with Crippen LogP contribution >= 0.6 is 23.2 Å². The lowest BCUT2D eigenvalue weighted by Gasteiger charge is -2.28. The number of halogens is 8. The van der Waals surface area contributed by atoms with Crippen molar-refractivity contribution in [2.24, 2.45) is 10.9 Å². The third-order valence-electron chi connectivity index (χ3n) is 7.76. The summed E-state index contributed by atoms with van der Waals surface area (Å²) in [6.07, 6.45) is -8.12. The van der Waals surface area contributed by atoms with Crippen LogP contribution in [-0.4, -0.2) is 43.7 Å². The highest BCUT2D eigenvalue weighted by Gasteiger charge is 2.37. The van der Waals surface area contributed by atoms with Gasteiger partial charge in [-0.1, -0.05) is 71.7 Å². The highest BCUT2D eigenvalue weighted by Crippen LogP contribution is 2.37. The molecular formula is C34H39Cl2F6N3O3. The Balaban J connectivity index is 1.81. The molecule has 0 saturated heterocycles. The third-order valence-corrected chi connectivity index (χ3v) is 8.50. The highest BCUT2D eigenvalue weighted by atomic mass is 35.5. The Hall–Kier alpha value is -2.87. The molecular weight excluding hydrogens is 683 g/mol. The fourth-order valence-electron chi connectivity index (χ4n) is 5.04. The summed E-state index contributed by atoms with van der Waals surface area (Å²) in [5.41, 5.74) is 3.18. The summed E-state index contributed by atoms with van der Waals surface area (Å²) in [4.78, 5) is 5.48. The van der Waals surface area contributed by atoms with Gasteiger partial charge in [0.15, 0.2) is 0 Å². The zero-order valence-corrected chi connectivity index (χ0v) is 27.8. The van der Waals surface area contributed by atoms with E-state index >= 15 is 0 Å². The minimum Gasteiger partial charge on any atom is -0.396 e. The molecule has 2 atom stereocenters. The van der Waals surface area contributed by atoms with Crippen LogP contribution in [0.1, 0.15) is 66.3 Å². The predicted octanol–water partition coefficient (Wildman–Crippen LogP) is 8.72. The zero-order chi connectivity index (χ0) is 35.4. The minimum atomic E-state index is -4.99. The van der Waals surface area contributed by atoms with Gasteiger partial charge in [-0.3, -0.25) is 0 Å². The molecule has 0 bridgehead atoms. The number of nitrogens with one attached hydrogen (secondary N) is 1. The molecule has 0 saturated carbocycles. The number of hydrogen-bond donors (Lipinski definition) is 3. The van der Waals surface area contributed by atoms with Crippen molar-refractivity contribution in [1.29, 1.82) is 0 Å². The van der Waals surface area contributed by atoms with Crippen LogP contribution in [0.4, 0.5) is 26.3 Å². The number of alkyl halides is 6. The van der Waals surface area contributed by atoms with Crippen LogP contribution in [0.2, 0.25) is 10.0 Å². The van der Waals surface area contributed by atoms with Gasteiger partial charge in [0.05, 0.1) is 45.7 Å². The summed E-state index contributed by atoms with van der Waals surface area (Å²) in [7, 11) is 0. The van der Waals surface area contributed by atoms with E-state index in [1.807, 2.05) is 37.3 Å². The smallest absolute Gasteiger partial charge is 0.396 e. The van der Waals surface area contributed by atoms with Crippen molar-refractivity contribution in [2.45, 2.75) is 63.1 Å². The molecule has 0 amide bonds. The zero-order valence-electron chi connectivity index (χ0n) is 26.3. The lowest BCUT2D eigenvalue weighted by Crippen LogP contribution is -2.31. The summed E-state index contributed by atoms with van der Waals surface area (Å²) in [5, 5.41) is 19.4. The molecule has 14 heteroatoms. The van der Waals surface area contributed by atoms with Gasteiger partial charge in [-0.05, 0) is 92.3 Å². The number of nitrogens with zero attached hydrogens (tertiary/aromatic N) is 1. The standard InChI is InChI=1S/C34H39Cl2F6N3O3/c1-2-32(46,25-7-4-3-5-8-25)12-15-44-14-11-28(24-9-10-29(35)30(36)19-24)31(45-48-16-6-13-43)22-47-21-23-17-26(33(37,38)39)20-27(18-23)34(40,41)42/h3-5,7-10,17-20,28,44,46H,2,6,11-16,21-22,43H2,1H3/b45-31+. The molecule has 0 aliphatic carbocycles. The normalized spacial score (nSPS) is 14.5. The number of nitrogens with two attached hydrogens (primary N) is 1. The molecule has 3 aromatic carbocycles. The number of aliphatic hydroxyl groups is 1. The molecule has 0 radical (unpaired) electrons. The first-order valence-electron chi connectivity index (χ1n) is 15.4. The number of hydrogen-bond acceptors (Lipinski definition) is 6. The van der Waals surface area contributed by atoms with Gasteiger partial charge in [-0.15, -0.1) is 0 Å². The third kappa shape index (κ3) is 11.9. The topological polar surface area (TPSA) is 89.1 Å². The number of rotatable bonds is 18. The Morgan fingerprint density at radius 1 is 0.896 bits per heavy atom. The quantitative estimate of drug-likeness (QED) is 0.0529. The van der Waals surface area contributed by atoms with Gasteiger partial charge in [0.2, 0.25) is 0 Å². The van der Waals surface area contributed by atoms with Gasteiger partial charge in [0, 0.05) is 5.92 Å². The monoisotopic (exact) mass is 721 g/mol. The maximum absolute atomic E-state index is 13.4. The summed E-state index contributed by atoms with van der Waals surface area (Å²) in [6.45, 7) is 2.48. The van der Waals surface area contributed by atoms with E-state index in [2.05, 4.69) is 10.5 Å². The molecule has 0 aliphatic rings. The van der Waals surface area contributed by atoms with Crippen molar-refractivity contribution in [2.75, 3.05) is 32.8 Å². The van der Waals surface area contributed by atoms with Crippen molar-refractivity contribution < 1.29 is 41.0 Å². The number of ether oxygens (including phenoxy) is 1. The Morgan fingerprint density at radius 2 is 1.56 bits per heavy atom. The SMILES string of the molecule is CCC(O)(CCNCCC(/C(COCc1cc(C(F)(F)F)cc(C(F)(F)F)c1)=N/OCCCN)c1ccc(Cl)c(Cl)c1)c1ccccc1. The van der Waals surface area contributed by atoms with Crippen LogP contribution in [-0.2, 0) is 34.1 Å². The van der Waals surface area contributed by atoms with E-state index in [0.717, 1.165) is 5.56 Å². The van der Waals surface area contributed by atoms with Gasteiger partial charge in [0.1, 0.15) is 6.61 Å². The summed E-state index contributed by atoms with van der Waals surface area (Å²) in [5.74, 6) is -0.503. The first kappa shape index (κ1) is 39.6. The summed E-state index contributed by atoms with van der Waals surface area (Å²) >= 11 is 12.5. The second-order valence-electron chi connectivity index (χ2n) is 11.2. The average molecular weight is 723 g/mol. The van der Waals surface area contributed by atoms with Gasteiger partial charge in [0.25, 0.3) is 0 Å². The summed E-state index contributed by atoms with van der Waals surface area (Å²) in [6, 6.07) is 15.7. The largest absolute Gasteiger partial charge is 0.416 e. The molecule has 6 nitrogen and oxygen atoms in total. The average Bonchev–Trinajstić information content (AvgIpc) is 3.05. The molecule has 0 fully saturated rings. The van der Waals surface area contributed by atoms with E-state index in [1.54, 1.807) is 18.2 Å². The van der Waals surface area contributed by atoms with Gasteiger partial charge < -0.3 is 25.7 Å². The van der Waals surface area contributed by atoms with Crippen molar-refractivity contribution >= 4 is 28.9 Å². The molecule has 48 heavy (non-hydrogen) atoms. The first-order valence-corrected chi connectivity index (χ1v) is 16.1. The maximum atomic E-state index is 13.4. The molecule has 3 rings (SSSR count). The Bertz CT molecular complexity index is 1440. The van der Waals surface area contributed by atoms with Crippen LogP contribution in [0.25, 0.3) is 0 Å². The second-order valence-corrected chi connectivity index (χ2v) is 12.0. The van der Waals surface area contributed by atoms with Gasteiger partial charge in [-0.2, -0.15) is 26.3 Å². The van der Waals surface area contributed by atoms with Crippen LogP contribution in [0, 0.1) is 0 Å². The van der Waals surface area contributed by atoms with Gasteiger partial charge in [-0.25, -0.2) is 0 Å². The maximum Gasteiger partial charge on any atom is 0.416 e. The number of benzene rings is 3. The van der Waals surface area contributed by atoms with Crippen molar-refractivity contribution in [3.05, 3.63) is 105 Å². The van der Waals surface area contributed by atoms with Gasteiger partial charge >= 0.3 is 12.4 Å². The Morgan fingerprint density at radius 3 is 2.15 bits per heavy atom. The predicted molar refractivity (Wildman–Crippen MR) is 175 cm³/mol. The van der Waals surface area contributed by atoms with Crippen LogP contribution in [0.15, 0.2) is 71.9 Å². The molecule has 4 N–H and O–H groups in total. The number of oxime groups is 1. The van der Waals surface area contributed by atoms with Crippen molar-refractivity contribution in [3.63, 3.8) is 0 Å². The fraction of sp³-hybridized carbons (Fsp3) is 0.441. The van der Waals surface area contributed by atoms with Crippen LogP contribution < -0.4 is 11.1 Å². The van der Waals surface area contributed by atoms with E-state index < -0.39 is 41.6 Å². The second kappa shape index (κ2) is 18.2. The first-order chi connectivity index (χ1) is 22.7. The molecule has 0 aromatic heterocycles. The van der Waals surface area contributed by atoms with E-state index in [9.17, 15) is 31.4 Å². The molecule has 3 aromatic rings.